The van der Waals surface area contributed by atoms with Crippen molar-refractivity contribution in [1.82, 2.24) is 5.32 Å². The Morgan fingerprint density at radius 3 is 2.55 bits per heavy atom. The molecule has 0 atom stereocenters. The van der Waals surface area contributed by atoms with E-state index < -0.39 is 5.97 Å². The summed E-state index contributed by atoms with van der Waals surface area (Å²) >= 11 is 1.06. The largest absolute Gasteiger partial charge is 0.477 e. The van der Waals surface area contributed by atoms with E-state index in [9.17, 15) is 9.59 Å². The molecule has 5 nitrogen and oxygen atoms in total. The maximum absolute atomic E-state index is 11.9. The van der Waals surface area contributed by atoms with Gasteiger partial charge in [-0.2, -0.15) is 0 Å². The SMILES string of the molecule is CC(C)(C)OC1CC(NC(=O)c2csc(C(=O)O)c2)C1. The number of carboxylic acid groups (broad SMARTS) is 1. The van der Waals surface area contributed by atoms with Crippen LogP contribution in [0.25, 0.3) is 0 Å². The summed E-state index contributed by atoms with van der Waals surface area (Å²) in [7, 11) is 0. The van der Waals surface area contributed by atoms with Crippen LogP contribution in [0.4, 0.5) is 0 Å². The van der Waals surface area contributed by atoms with Gasteiger partial charge in [-0.1, -0.05) is 0 Å². The predicted molar refractivity (Wildman–Crippen MR) is 76.4 cm³/mol. The van der Waals surface area contributed by atoms with Crippen molar-refractivity contribution in [2.24, 2.45) is 0 Å². The number of aromatic carboxylic acids is 1. The minimum Gasteiger partial charge on any atom is -0.477 e. The van der Waals surface area contributed by atoms with Gasteiger partial charge in [0, 0.05) is 11.4 Å². The number of carbonyl (C=O) groups excluding carboxylic acids is 1. The Bertz CT molecular complexity index is 511. The Labute approximate surface area is 121 Å². The Balaban J connectivity index is 1.80. The summed E-state index contributed by atoms with van der Waals surface area (Å²) in [6.45, 7) is 6.03. The average molecular weight is 297 g/mol. The summed E-state index contributed by atoms with van der Waals surface area (Å²) in [4.78, 5) is 22.9. The van der Waals surface area contributed by atoms with E-state index in [-0.39, 0.29) is 28.5 Å². The molecule has 0 aliphatic heterocycles. The lowest BCUT2D eigenvalue weighted by molar-refractivity contribution is -0.101. The molecule has 1 aromatic rings. The van der Waals surface area contributed by atoms with Crippen LogP contribution < -0.4 is 5.32 Å². The first-order valence-corrected chi connectivity index (χ1v) is 7.43. The van der Waals surface area contributed by atoms with Gasteiger partial charge in [0.15, 0.2) is 0 Å². The van der Waals surface area contributed by atoms with Crippen molar-refractivity contribution in [3.05, 3.63) is 21.9 Å². The molecule has 6 heteroatoms. The molecule has 1 saturated carbocycles. The summed E-state index contributed by atoms with van der Waals surface area (Å²) in [6, 6.07) is 1.52. The first-order valence-electron chi connectivity index (χ1n) is 6.55. The number of carbonyl (C=O) groups is 2. The van der Waals surface area contributed by atoms with Crippen molar-refractivity contribution >= 4 is 23.2 Å². The molecule has 1 fully saturated rings. The minimum absolute atomic E-state index is 0.114. The molecule has 0 saturated heterocycles. The van der Waals surface area contributed by atoms with Crippen molar-refractivity contribution in [3.8, 4) is 0 Å². The smallest absolute Gasteiger partial charge is 0.345 e. The highest BCUT2D eigenvalue weighted by Gasteiger charge is 2.34. The van der Waals surface area contributed by atoms with E-state index >= 15 is 0 Å². The molecule has 1 aromatic heterocycles. The zero-order valence-corrected chi connectivity index (χ0v) is 12.6. The van der Waals surface area contributed by atoms with Gasteiger partial charge in [-0.3, -0.25) is 4.79 Å². The molecule has 1 heterocycles. The lowest BCUT2D eigenvalue weighted by atomic mass is 9.88. The first-order chi connectivity index (χ1) is 9.24. The van der Waals surface area contributed by atoms with E-state index in [1.165, 1.54) is 6.07 Å². The summed E-state index contributed by atoms with van der Waals surface area (Å²) in [5.41, 5.74) is 0.247. The number of ether oxygens (including phenoxy) is 1. The minimum atomic E-state index is -1.00. The van der Waals surface area contributed by atoms with Crippen LogP contribution in [0.3, 0.4) is 0 Å². The van der Waals surface area contributed by atoms with Crippen molar-refractivity contribution < 1.29 is 19.4 Å². The van der Waals surface area contributed by atoms with E-state index in [0.29, 0.717) is 5.56 Å². The Kier molecular flexibility index (Phi) is 4.15. The van der Waals surface area contributed by atoms with Crippen LogP contribution >= 0.6 is 11.3 Å². The van der Waals surface area contributed by atoms with Crippen LogP contribution in [-0.4, -0.2) is 34.7 Å². The third-order valence-corrected chi connectivity index (χ3v) is 3.94. The Morgan fingerprint density at radius 2 is 2.05 bits per heavy atom. The third-order valence-electron chi connectivity index (χ3n) is 3.02. The second-order valence-corrected chi connectivity index (χ2v) is 6.91. The normalized spacial score (nSPS) is 22.1. The van der Waals surface area contributed by atoms with Gasteiger partial charge in [0.2, 0.25) is 0 Å². The molecule has 110 valence electrons. The maximum Gasteiger partial charge on any atom is 0.345 e. The monoisotopic (exact) mass is 297 g/mol. The van der Waals surface area contributed by atoms with Gasteiger partial charge in [-0.25, -0.2) is 4.79 Å². The van der Waals surface area contributed by atoms with Crippen LogP contribution in [0.5, 0.6) is 0 Å². The van der Waals surface area contributed by atoms with Gasteiger partial charge < -0.3 is 15.2 Å². The molecule has 0 radical (unpaired) electrons. The lowest BCUT2D eigenvalue weighted by Gasteiger charge is -2.39. The Morgan fingerprint density at radius 1 is 1.40 bits per heavy atom. The van der Waals surface area contributed by atoms with Crippen LogP contribution in [0, 0.1) is 0 Å². The van der Waals surface area contributed by atoms with E-state index in [4.69, 9.17) is 9.84 Å². The summed E-state index contributed by atoms with van der Waals surface area (Å²) in [5, 5.41) is 13.3. The first kappa shape index (κ1) is 15.0. The van der Waals surface area contributed by atoms with Crippen molar-refractivity contribution in [2.75, 3.05) is 0 Å². The zero-order chi connectivity index (χ0) is 14.9. The topological polar surface area (TPSA) is 75.6 Å². The van der Waals surface area contributed by atoms with E-state index in [1.54, 1.807) is 5.38 Å². The molecule has 1 aliphatic rings. The van der Waals surface area contributed by atoms with Crippen LogP contribution in [0.1, 0.15) is 53.6 Å². The zero-order valence-electron chi connectivity index (χ0n) is 11.8. The summed E-state index contributed by atoms with van der Waals surface area (Å²) in [6.07, 6.45) is 1.80. The Hall–Kier alpha value is -1.40. The molecule has 0 aromatic carbocycles. The predicted octanol–water partition coefficient (Wildman–Crippen LogP) is 2.52. The fourth-order valence-corrected chi connectivity index (χ4v) is 2.84. The molecular weight excluding hydrogens is 278 g/mol. The van der Waals surface area contributed by atoms with E-state index in [2.05, 4.69) is 5.32 Å². The lowest BCUT2D eigenvalue weighted by Crippen LogP contribution is -2.49. The standard InChI is InChI=1S/C14H19NO4S/c1-14(2,3)19-10-5-9(6-10)15-12(16)8-4-11(13(17)18)20-7-8/h4,7,9-10H,5-6H2,1-3H3,(H,15,16)(H,17,18). The molecule has 1 aliphatic carbocycles. The highest BCUT2D eigenvalue weighted by atomic mass is 32.1. The summed E-state index contributed by atoms with van der Waals surface area (Å²) in [5.74, 6) is -1.22. The van der Waals surface area contributed by atoms with Gasteiger partial charge in [0.1, 0.15) is 4.88 Å². The molecular formula is C14H19NO4S. The van der Waals surface area contributed by atoms with Gasteiger partial charge >= 0.3 is 5.97 Å². The van der Waals surface area contributed by atoms with Crippen molar-refractivity contribution in [1.29, 1.82) is 0 Å². The second-order valence-electron chi connectivity index (χ2n) is 6.00. The van der Waals surface area contributed by atoms with Crippen LogP contribution in [-0.2, 0) is 4.74 Å². The molecule has 0 bridgehead atoms. The molecule has 2 N–H and O–H groups in total. The van der Waals surface area contributed by atoms with E-state index in [1.807, 2.05) is 20.8 Å². The number of thiophene rings is 1. The molecule has 2 rings (SSSR count). The van der Waals surface area contributed by atoms with E-state index in [0.717, 1.165) is 24.2 Å². The average Bonchev–Trinajstić information content (AvgIpc) is 2.73. The van der Waals surface area contributed by atoms with Crippen molar-refractivity contribution in [2.45, 2.75) is 51.4 Å². The molecule has 0 spiro atoms. The van der Waals surface area contributed by atoms with Crippen molar-refractivity contribution in [3.63, 3.8) is 0 Å². The number of carboxylic acids is 1. The highest BCUT2D eigenvalue weighted by Crippen LogP contribution is 2.28. The number of rotatable bonds is 4. The van der Waals surface area contributed by atoms with Crippen LogP contribution in [0.15, 0.2) is 11.4 Å². The number of hydrogen-bond donors (Lipinski definition) is 2. The fourth-order valence-electron chi connectivity index (χ4n) is 2.12. The fraction of sp³-hybridized carbons (Fsp3) is 0.571. The quantitative estimate of drug-likeness (QED) is 0.895. The maximum atomic E-state index is 11.9. The molecule has 0 unspecified atom stereocenters. The second kappa shape index (κ2) is 5.54. The van der Waals surface area contributed by atoms with Gasteiger partial charge in [0.25, 0.3) is 5.91 Å². The van der Waals surface area contributed by atoms with Gasteiger partial charge in [0.05, 0.1) is 17.3 Å². The number of hydrogen-bond acceptors (Lipinski definition) is 4. The van der Waals surface area contributed by atoms with Gasteiger partial charge in [-0.15, -0.1) is 11.3 Å². The highest BCUT2D eigenvalue weighted by molar-refractivity contribution is 7.12. The molecule has 20 heavy (non-hydrogen) atoms. The number of amides is 1. The molecule has 1 amide bonds. The van der Waals surface area contributed by atoms with Crippen LogP contribution in [0.2, 0.25) is 0 Å². The van der Waals surface area contributed by atoms with Gasteiger partial charge in [-0.05, 0) is 39.7 Å². The number of nitrogens with one attached hydrogen (secondary N) is 1. The third kappa shape index (κ3) is 3.80. The summed E-state index contributed by atoms with van der Waals surface area (Å²) < 4.78 is 5.80.